The van der Waals surface area contributed by atoms with Crippen LogP contribution in [0.1, 0.15) is 54.4 Å². The van der Waals surface area contributed by atoms with Crippen molar-refractivity contribution in [2.75, 3.05) is 34.0 Å². The zero-order chi connectivity index (χ0) is 22.2. The molecule has 10 heteroatoms. The number of amides is 1. The maximum absolute atomic E-state index is 12.8. The first-order chi connectivity index (χ1) is 12.5. The van der Waals surface area contributed by atoms with Gasteiger partial charge in [-0.2, -0.15) is 4.39 Å². The third kappa shape index (κ3) is 15.9. The summed E-state index contributed by atoms with van der Waals surface area (Å²) in [4.78, 5) is 36.3. The highest BCUT2D eigenvalue weighted by atomic mass is 35.5. The molecular weight excluding hydrogens is 407 g/mol. The quantitative estimate of drug-likeness (QED) is 0.225. The maximum Gasteiger partial charge on any atom is 0.408 e. The minimum absolute atomic E-state index is 0. The number of esters is 2. The van der Waals surface area contributed by atoms with Gasteiger partial charge in [-0.05, 0) is 48.0 Å². The summed E-state index contributed by atoms with van der Waals surface area (Å²) in [5.41, 5.74) is -1.39. The fourth-order valence-corrected chi connectivity index (χ4v) is 1.91. The molecule has 0 fully saturated rings. The Morgan fingerprint density at radius 2 is 1.52 bits per heavy atom. The zero-order valence-electron chi connectivity index (χ0n) is 18.8. The molecule has 1 unspecified atom stereocenters. The number of alkyl halides is 1. The SMILES string of the molecule is CC(C)(C)OC(=O)CCC(NC(=O)OC(C)(C)C)C(=O)OCC[N+](C)(C)CF.[Cl-]. The van der Waals surface area contributed by atoms with Crippen molar-refractivity contribution in [2.45, 2.75) is 71.6 Å². The minimum atomic E-state index is -1.08. The van der Waals surface area contributed by atoms with E-state index in [-0.39, 0.29) is 42.9 Å². The van der Waals surface area contributed by atoms with Crippen molar-refractivity contribution in [3.05, 3.63) is 0 Å². The molecule has 1 atom stereocenters. The number of nitrogens with zero attached hydrogens (tertiary/aromatic N) is 1. The fourth-order valence-electron chi connectivity index (χ4n) is 1.91. The highest BCUT2D eigenvalue weighted by molar-refractivity contribution is 5.82. The van der Waals surface area contributed by atoms with E-state index in [4.69, 9.17) is 14.2 Å². The van der Waals surface area contributed by atoms with Gasteiger partial charge in [0.05, 0.1) is 14.1 Å². The number of halogens is 2. The predicted octanol–water partition coefficient (Wildman–Crippen LogP) is -0.448. The third-order valence-electron chi connectivity index (χ3n) is 3.30. The van der Waals surface area contributed by atoms with E-state index in [1.165, 1.54) is 0 Å². The molecule has 0 aromatic carbocycles. The monoisotopic (exact) mass is 442 g/mol. The van der Waals surface area contributed by atoms with Gasteiger partial charge in [-0.1, -0.05) is 0 Å². The Balaban J connectivity index is 0. The van der Waals surface area contributed by atoms with Gasteiger partial charge in [0.15, 0.2) is 0 Å². The smallest absolute Gasteiger partial charge is 0.408 e. The van der Waals surface area contributed by atoms with Crippen molar-refractivity contribution in [3.8, 4) is 0 Å². The Morgan fingerprint density at radius 3 is 1.97 bits per heavy atom. The average molecular weight is 443 g/mol. The number of carbonyl (C=O) groups is 3. The molecule has 0 saturated carbocycles. The summed E-state index contributed by atoms with van der Waals surface area (Å²) in [6.45, 7) is 9.94. The van der Waals surface area contributed by atoms with E-state index in [0.717, 1.165) is 0 Å². The first kappa shape index (κ1) is 29.6. The number of hydrogen-bond donors (Lipinski definition) is 1. The molecule has 0 aliphatic heterocycles. The van der Waals surface area contributed by atoms with Gasteiger partial charge in [0.25, 0.3) is 0 Å². The van der Waals surface area contributed by atoms with Crippen LogP contribution >= 0.6 is 0 Å². The lowest BCUT2D eigenvalue weighted by molar-refractivity contribution is -0.902. The summed E-state index contributed by atoms with van der Waals surface area (Å²) in [5, 5.41) is 2.43. The molecule has 0 aromatic heterocycles. The van der Waals surface area contributed by atoms with Crippen LogP contribution in [0.2, 0.25) is 0 Å². The number of alkyl carbamates (subject to hydrolysis) is 1. The van der Waals surface area contributed by atoms with Crippen LogP contribution < -0.4 is 17.7 Å². The van der Waals surface area contributed by atoms with Crippen LogP contribution in [-0.4, -0.2) is 73.8 Å². The molecule has 0 bridgehead atoms. The van der Waals surface area contributed by atoms with Gasteiger partial charge < -0.3 is 31.9 Å². The highest BCUT2D eigenvalue weighted by Gasteiger charge is 2.28. The average Bonchev–Trinajstić information content (AvgIpc) is 2.47. The van der Waals surface area contributed by atoms with Gasteiger partial charge in [0.2, 0.25) is 6.80 Å². The lowest BCUT2D eigenvalue weighted by Crippen LogP contribution is -3.00. The van der Waals surface area contributed by atoms with Gasteiger partial charge in [-0.3, -0.25) is 9.28 Å². The van der Waals surface area contributed by atoms with Crippen LogP contribution in [0.15, 0.2) is 0 Å². The largest absolute Gasteiger partial charge is 1.00 e. The van der Waals surface area contributed by atoms with E-state index in [1.807, 2.05) is 0 Å². The van der Waals surface area contributed by atoms with E-state index < -0.39 is 42.1 Å². The summed E-state index contributed by atoms with van der Waals surface area (Å²) >= 11 is 0. The molecule has 172 valence electrons. The predicted molar refractivity (Wildman–Crippen MR) is 102 cm³/mol. The minimum Gasteiger partial charge on any atom is -1.00 e. The molecule has 8 nitrogen and oxygen atoms in total. The molecule has 29 heavy (non-hydrogen) atoms. The van der Waals surface area contributed by atoms with Crippen molar-refractivity contribution in [1.82, 2.24) is 5.32 Å². The molecule has 1 amide bonds. The molecule has 0 saturated heterocycles. The number of ether oxygens (including phenoxy) is 3. The Hall–Kier alpha value is -1.61. The van der Waals surface area contributed by atoms with E-state index in [1.54, 1.807) is 55.6 Å². The molecular formula is C19H36ClFN2O6. The van der Waals surface area contributed by atoms with Crippen LogP contribution in [0.4, 0.5) is 9.18 Å². The van der Waals surface area contributed by atoms with E-state index in [2.05, 4.69) is 5.32 Å². The Bertz CT molecular complexity index is 544. The second-order valence-corrected chi connectivity index (χ2v) is 9.27. The number of hydrogen-bond acceptors (Lipinski definition) is 6. The number of quaternary nitrogens is 1. The number of nitrogens with one attached hydrogen (secondary N) is 1. The molecule has 0 heterocycles. The molecule has 0 spiro atoms. The summed E-state index contributed by atoms with van der Waals surface area (Å²) in [6.07, 6.45) is -0.883. The van der Waals surface area contributed by atoms with Gasteiger partial charge >= 0.3 is 18.0 Å². The van der Waals surface area contributed by atoms with Crippen molar-refractivity contribution in [1.29, 1.82) is 0 Å². The first-order valence-corrected chi connectivity index (χ1v) is 9.30. The Morgan fingerprint density at radius 1 is 1.00 bits per heavy atom. The normalized spacial score (nSPS) is 13.0. The Labute approximate surface area is 179 Å². The van der Waals surface area contributed by atoms with Crippen LogP contribution in [-0.2, 0) is 23.8 Å². The molecule has 0 rings (SSSR count). The standard InChI is InChI=1S/C19H35FN2O6.ClH/c1-18(2,3)27-15(23)10-9-14(21-17(25)28-19(4,5)6)16(24)26-12-11-22(7,8)13-20;/h14H,9-13H2,1-8H3;1H. The fraction of sp³-hybridized carbons (Fsp3) is 0.842. The molecule has 0 aliphatic carbocycles. The second kappa shape index (κ2) is 12.2. The highest BCUT2D eigenvalue weighted by Crippen LogP contribution is 2.12. The maximum atomic E-state index is 12.8. The second-order valence-electron chi connectivity index (χ2n) is 9.27. The number of likely N-dealkylation sites (N-methyl/N-ethyl adjacent to an activating group) is 1. The van der Waals surface area contributed by atoms with E-state index in [0.29, 0.717) is 0 Å². The van der Waals surface area contributed by atoms with Crippen molar-refractivity contribution in [2.24, 2.45) is 0 Å². The number of carbonyl (C=O) groups excluding carboxylic acids is 3. The molecule has 0 radical (unpaired) electrons. The topological polar surface area (TPSA) is 90.9 Å². The molecule has 0 aliphatic rings. The zero-order valence-corrected chi connectivity index (χ0v) is 19.5. The lowest BCUT2D eigenvalue weighted by atomic mass is 10.1. The third-order valence-corrected chi connectivity index (χ3v) is 3.30. The van der Waals surface area contributed by atoms with Gasteiger partial charge in [0.1, 0.15) is 30.4 Å². The number of rotatable bonds is 9. The van der Waals surface area contributed by atoms with Gasteiger partial charge in [-0.25, -0.2) is 9.59 Å². The molecule has 1 N–H and O–H groups in total. The van der Waals surface area contributed by atoms with Crippen molar-refractivity contribution >= 4 is 18.0 Å². The lowest BCUT2D eigenvalue weighted by Gasteiger charge is -2.26. The Kier molecular flexibility index (Phi) is 12.4. The van der Waals surface area contributed by atoms with Crippen LogP contribution in [0.5, 0.6) is 0 Å². The summed E-state index contributed by atoms with van der Waals surface area (Å²) in [7, 11) is 3.32. The van der Waals surface area contributed by atoms with Crippen molar-refractivity contribution < 1.29 is 49.9 Å². The summed E-state index contributed by atoms with van der Waals surface area (Å²) in [5.74, 6) is -1.21. The van der Waals surface area contributed by atoms with Gasteiger partial charge in [-0.15, -0.1) is 0 Å². The summed E-state index contributed by atoms with van der Waals surface area (Å²) in [6, 6.07) is -1.08. The van der Waals surface area contributed by atoms with E-state index >= 15 is 0 Å². The van der Waals surface area contributed by atoms with Crippen molar-refractivity contribution in [3.63, 3.8) is 0 Å². The summed E-state index contributed by atoms with van der Waals surface area (Å²) < 4.78 is 28.4. The van der Waals surface area contributed by atoms with Crippen LogP contribution in [0, 0.1) is 0 Å². The first-order valence-electron chi connectivity index (χ1n) is 9.30. The van der Waals surface area contributed by atoms with Gasteiger partial charge in [0, 0.05) is 6.42 Å². The molecule has 0 aromatic rings. The van der Waals surface area contributed by atoms with Crippen LogP contribution in [0.25, 0.3) is 0 Å². The van der Waals surface area contributed by atoms with E-state index in [9.17, 15) is 18.8 Å². The van der Waals surface area contributed by atoms with Crippen LogP contribution in [0.3, 0.4) is 0 Å².